The lowest BCUT2D eigenvalue weighted by atomic mass is 9.73. The summed E-state index contributed by atoms with van der Waals surface area (Å²) < 4.78 is 0. The zero-order valence-corrected chi connectivity index (χ0v) is 15.5. The molecule has 2 bridgehead atoms. The second-order valence-electron chi connectivity index (χ2n) is 7.56. The number of piperidine rings is 1. The predicted octanol–water partition coefficient (Wildman–Crippen LogP) is 4.82. The van der Waals surface area contributed by atoms with E-state index >= 15 is 0 Å². The zero-order chi connectivity index (χ0) is 17.4. The summed E-state index contributed by atoms with van der Waals surface area (Å²) in [6.07, 6.45) is 4.76. The number of hydrogen-bond acceptors (Lipinski definition) is 3. The van der Waals surface area contributed by atoms with Crippen LogP contribution in [0, 0.1) is 5.92 Å². The fourth-order valence-electron chi connectivity index (χ4n) is 5.18. The number of fused-ring (bicyclic) bond motifs is 3. The first-order valence-electron chi connectivity index (χ1n) is 9.53. The van der Waals surface area contributed by atoms with E-state index < -0.39 is 0 Å². The third-order valence-corrected chi connectivity index (χ3v) is 6.43. The highest BCUT2D eigenvalue weighted by atomic mass is 16.6. The lowest BCUT2D eigenvalue weighted by Gasteiger charge is -2.43. The van der Waals surface area contributed by atoms with E-state index in [0.29, 0.717) is 23.9 Å². The van der Waals surface area contributed by atoms with Gasteiger partial charge in [-0.15, -0.1) is 0 Å². The molecule has 2 heterocycles. The summed E-state index contributed by atoms with van der Waals surface area (Å²) >= 11 is 0. The minimum Gasteiger partial charge on any atom is -0.399 e. The van der Waals surface area contributed by atoms with E-state index in [1.54, 1.807) is 7.11 Å². The van der Waals surface area contributed by atoms with Crippen LogP contribution in [0.1, 0.15) is 44.1 Å². The molecule has 0 aliphatic carbocycles. The van der Waals surface area contributed by atoms with Gasteiger partial charge in [0.25, 0.3) is 0 Å². The van der Waals surface area contributed by atoms with Crippen molar-refractivity contribution in [2.45, 2.75) is 50.6 Å². The van der Waals surface area contributed by atoms with Crippen LogP contribution in [-0.2, 0) is 4.84 Å². The van der Waals surface area contributed by atoms with Crippen molar-refractivity contribution < 1.29 is 4.84 Å². The van der Waals surface area contributed by atoms with Gasteiger partial charge in [0.2, 0.25) is 0 Å². The van der Waals surface area contributed by atoms with E-state index in [0.717, 1.165) is 6.42 Å². The lowest BCUT2D eigenvalue weighted by Crippen LogP contribution is -2.48. The van der Waals surface area contributed by atoms with Crippen LogP contribution in [0.5, 0.6) is 0 Å². The van der Waals surface area contributed by atoms with E-state index in [9.17, 15) is 0 Å². The number of nitrogens with zero attached hydrogens (tertiary/aromatic N) is 2. The van der Waals surface area contributed by atoms with Gasteiger partial charge in [-0.2, -0.15) is 0 Å². The Morgan fingerprint density at radius 2 is 1.96 bits per heavy atom. The van der Waals surface area contributed by atoms with Crippen molar-refractivity contribution in [1.29, 1.82) is 0 Å². The molecule has 0 amide bonds. The largest absolute Gasteiger partial charge is 0.399 e. The van der Waals surface area contributed by atoms with E-state index in [1.165, 1.54) is 41.3 Å². The molecular weight excluding hydrogens is 308 g/mol. The molecule has 4 rings (SSSR count). The maximum Gasteiger partial charge on any atom is 0.106 e. The first-order valence-corrected chi connectivity index (χ1v) is 9.53. The minimum atomic E-state index is 0.454. The number of hydrogen-bond donors (Lipinski definition) is 0. The SMILES string of the molecule is CCC(=NOC)[C@H]1[C@@H](c2ccc3ccccc3c2)CC2CC[C@H]1N2C. The van der Waals surface area contributed by atoms with Gasteiger partial charge in [-0.1, -0.05) is 54.5 Å². The Morgan fingerprint density at radius 3 is 2.72 bits per heavy atom. The molecule has 2 fully saturated rings. The van der Waals surface area contributed by atoms with Crippen molar-refractivity contribution in [3.63, 3.8) is 0 Å². The molecule has 2 aliphatic heterocycles. The van der Waals surface area contributed by atoms with Gasteiger partial charge >= 0.3 is 0 Å². The average molecular weight is 336 g/mol. The molecule has 132 valence electrons. The van der Waals surface area contributed by atoms with Gasteiger partial charge in [-0.05, 0) is 55.0 Å². The van der Waals surface area contributed by atoms with E-state index in [4.69, 9.17) is 4.84 Å². The summed E-state index contributed by atoms with van der Waals surface area (Å²) in [4.78, 5) is 7.81. The number of rotatable bonds is 4. The highest BCUT2D eigenvalue weighted by molar-refractivity contribution is 5.88. The molecular formula is C22H28N2O. The van der Waals surface area contributed by atoms with Crippen molar-refractivity contribution in [2.24, 2.45) is 11.1 Å². The monoisotopic (exact) mass is 336 g/mol. The molecule has 2 aliphatic rings. The van der Waals surface area contributed by atoms with Crippen LogP contribution in [0.2, 0.25) is 0 Å². The summed E-state index contributed by atoms with van der Waals surface area (Å²) in [5.41, 5.74) is 2.68. The first-order chi connectivity index (χ1) is 12.2. The van der Waals surface area contributed by atoms with Gasteiger partial charge in [-0.3, -0.25) is 4.90 Å². The molecule has 3 heteroatoms. The van der Waals surface area contributed by atoms with Crippen LogP contribution < -0.4 is 0 Å². The Bertz CT molecular complexity index is 784. The maximum atomic E-state index is 5.21. The Labute approximate surface area is 150 Å². The molecule has 2 aromatic rings. The molecule has 4 atom stereocenters. The Kier molecular flexibility index (Phi) is 4.51. The zero-order valence-electron chi connectivity index (χ0n) is 15.5. The highest BCUT2D eigenvalue weighted by Crippen LogP contribution is 2.47. The Hall–Kier alpha value is -1.87. The second kappa shape index (κ2) is 6.80. The predicted molar refractivity (Wildman–Crippen MR) is 104 cm³/mol. The van der Waals surface area contributed by atoms with Crippen LogP contribution in [0.15, 0.2) is 47.6 Å². The van der Waals surface area contributed by atoms with E-state index in [1.807, 2.05) is 0 Å². The van der Waals surface area contributed by atoms with Crippen LogP contribution >= 0.6 is 0 Å². The van der Waals surface area contributed by atoms with Crippen molar-refractivity contribution >= 4 is 16.5 Å². The van der Waals surface area contributed by atoms with Crippen LogP contribution in [-0.4, -0.2) is 36.9 Å². The maximum absolute atomic E-state index is 5.21. The molecule has 2 saturated heterocycles. The van der Waals surface area contributed by atoms with Gasteiger partial charge in [0, 0.05) is 18.0 Å². The third kappa shape index (κ3) is 2.85. The van der Waals surface area contributed by atoms with Crippen molar-refractivity contribution in [3.05, 3.63) is 48.0 Å². The Balaban J connectivity index is 1.77. The first kappa shape index (κ1) is 16.6. The molecule has 0 N–H and O–H groups in total. The number of benzene rings is 2. The number of oxime groups is 1. The standard InChI is InChI=1S/C22H28N2O/c1-4-20(23-25-3)22-19(14-18-11-12-21(22)24(18)2)17-10-9-15-7-5-6-8-16(15)13-17/h5-10,13,18-19,21-22H,4,11-12,14H2,1-3H3/t18?,19-,21-,22-/m1/s1. The van der Waals surface area contributed by atoms with Crippen molar-refractivity contribution in [2.75, 3.05) is 14.2 Å². The fourth-order valence-corrected chi connectivity index (χ4v) is 5.18. The molecule has 0 spiro atoms. The minimum absolute atomic E-state index is 0.454. The molecule has 2 aromatic carbocycles. The fraction of sp³-hybridized carbons (Fsp3) is 0.500. The molecule has 3 nitrogen and oxygen atoms in total. The Morgan fingerprint density at radius 1 is 1.16 bits per heavy atom. The van der Waals surface area contributed by atoms with Crippen molar-refractivity contribution in [1.82, 2.24) is 4.90 Å². The summed E-state index contributed by atoms with van der Waals surface area (Å²) in [5.74, 6) is 0.988. The van der Waals surface area contributed by atoms with Gasteiger partial charge in [0.1, 0.15) is 7.11 Å². The summed E-state index contributed by atoms with van der Waals surface area (Å²) in [7, 11) is 3.97. The van der Waals surface area contributed by atoms with Crippen molar-refractivity contribution in [3.8, 4) is 0 Å². The van der Waals surface area contributed by atoms with Gasteiger partial charge in [0.05, 0.1) is 5.71 Å². The quantitative estimate of drug-likeness (QED) is 0.591. The van der Waals surface area contributed by atoms with E-state index in [2.05, 4.69) is 66.5 Å². The summed E-state index contributed by atoms with van der Waals surface area (Å²) in [6, 6.07) is 17.0. The average Bonchev–Trinajstić information content (AvgIpc) is 2.88. The van der Waals surface area contributed by atoms with Gasteiger partial charge < -0.3 is 4.84 Å². The second-order valence-corrected chi connectivity index (χ2v) is 7.56. The topological polar surface area (TPSA) is 24.8 Å². The normalized spacial score (nSPS) is 30.0. The van der Waals surface area contributed by atoms with Gasteiger partial charge in [0.15, 0.2) is 0 Å². The summed E-state index contributed by atoms with van der Waals surface area (Å²) in [5, 5.41) is 7.10. The summed E-state index contributed by atoms with van der Waals surface area (Å²) in [6.45, 7) is 2.20. The molecule has 0 saturated carbocycles. The van der Waals surface area contributed by atoms with Gasteiger partial charge in [-0.25, -0.2) is 0 Å². The van der Waals surface area contributed by atoms with E-state index in [-0.39, 0.29) is 0 Å². The smallest absolute Gasteiger partial charge is 0.106 e. The molecule has 0 radical (unpaired) electrons. The molecule has 0 aromatic heterocycles. The molecule has 25 heavy (non-hydrogen) atoms. The van der Waals surface area contributed by atoms with Crippen LogP contribution in [0.3, 0.4) is 0 Å². The third-order valence-electron chi connectivity index (χ3n) is 6.43. The van der Waals surface area contributed by atoms with Crippen LogP contribution in [0.25, 0.3) is 10.8 Å². The highest BCUT2D eigenvalue weighted by Gasteiger charge is 2.47. The molecule has 1 unspecified atom stereocenters. The lowest BCUT2D eigenvalue weighted by molar-refractivity contribution is 0.127. The van der Waals surface area contributed by atoms with Crippen LogP contribution in [0.4, 0.5) is 0 Å².